The van der Waals surface area contributed by atoms with Gasteiger partial charge < -0.3 is 5.32 Å². The zero-order valence-electron chi connectivity index (χ0n) is 14.7. The molecule has 1 N–H and O–H groups in total. The number of amides is 1. The minimum Gasteiger partial charge on any atom is -0.355 e. The summed E-state index contributed by atoms with van der Waals surface area (Å²) in [6, 6.07) is 15.3. The average Bonchev–Trinajstić information content (AvgIpc) is 2.51. The highest BCUT2D eigenvalue weighted by Gasteiger charge is 2.13. The maximum absolute atomic E-state index is 12.2. The third kappa shape index (κ3) is 4.80. The van der Waals surface area contributed by atoms with E-state index < -0.39 is 0 Å². The van der Waals surface area contributed by atoms with Gasteiger partial charge in [0.2, 0.25) is 5.91 Å². The van der Waals surface area contributed by atoms with E-state index in [-0.39, 0.29) is 5.91 Å². The van der Waals surface area contributed by atoms with E-state index in [9.17, 15) is 4.79 Å². The Bertz CT molecular complexity index is 636. The molecule has 0 atom stereocenters. The van der Waals surface area contributed by atoms with Gasteiger partial charge in [0.1, 0.15) is 0 Å². The summed E-state index contributed by atoms with van der Waals surface area (Å²) in [6.07, 6.45) is 0.435. The number of rotatable bonds is 7. The summed E-state index contributed by atoms with van der Waals surface area (Å²) in [4.78, 5) is 14.6. The largest absolute Gasteiger partial charge is 0.355 e. The van der Waals surface area contributed by atoms with Gasteiger partial charge in [-0.1, -0.05) is 42.5 Å². The lowest BCUT2D eigenvalue weighted by molar-refractivity contribution is -0.120. The lowest BCUT2D eigenvalue weighted by atomic mass is 10.0. The van der Waals surface area contributed by atoms with Crippen molar-refractivity contribution in [1.29, 1.82) is 0 Å². The molecule has 0 aromatic heterocycles. The normalized spacial score (nSPS) is 11.6. The van der Waals surface area contributed by atoms with Crippen molar-refractivity contribution in [3.63, 3.8) is 0 Å². The standard InChI is InChI=1S/C20H28N2O/c1-15(2)22(16(3)4)13-12-21-20(23)14-18-10-7-9-17-8-5-6-11-19(17)18/h5-11,15-16H,12-14H2,1-4H3,(H,21,23). The minimum atomic E-state index is 0.0915. The van der Waals surface area contributed by atoms with E-state index >= 15 is 0 Å². The molecule has 23 heavy (non-hydrogen) atoms. The van der Waals surface area contributed by atoms with Gasteiger partial charge >= 0.3 is 0 Å². The number of carbonyl (C=O) groups excluding carboxylic acids is 1. The number of hydrogen-bond donors (Lipinski definition) is 1. The highest BCUT2D eigenvalue weighted by atomic mass is 16.1. The monoisotopic (exact) mass is 312 g/mol. The summed E-state index contributed by atoms with van der Waals surface area (Å²) in [5.74, 6) is 0.0915. The first-order valence-corrected chi connectivity index (χ1v) is 8.48. The molecule has 0 radical (unpaired) electrons. The molecule has 2 rings (SSSR count). The van der Waals surface area contributed by atoms with Gasteiger partial charge in [-0.15, -0.1) is 0 Å². The third-order valence-electron chi connectivity index (χ3n) is 4.25. The maximum Gasteiger partial charge on any atom is 0.224 e. The van der Waals surface area contributed by atoms with Gasteiger partial charge in [0, 0.05) is 25.2 Å². The van der Waals surface area contributed by atoms with Crippen LogP contribution in [-0.4, -0.2) is 36.0 Å². The Labute approximate surface area is 139 Å². The van der Waals surface area contributed by atoms with Crippen LogP contribution in [0.15, 0.2) is 42.5 Å². The van der Waals surface area contributed by atoms with Crippen molar-refractivity contribution in [2.24, 2.45) is 0 Å². The predicted molar refractivity (Wildman–Crippen MR) is 97.6 cm³/mol. The van der Waals surface area contributed by atoms with Gasteiger partial charge in [0.25, 0.3) is 0 Å². The first-order chi connectivity index (χ1) is 11.0. The topological polar surface area (TPSA) is 32.3 Å². The van der Waals surface area contributed by atoms with E-state index in [0.29, 0.717) is 25.0 Å². The van der Waals surface area contributed by atoms with Crippen LogP contribution in [0, 0.1) is 0 Å². The second-order valence-electron chi connectivity index (χ2n) is 6.59. The van der Waals surface area contributed by atoms with Gasteiger partial charge in [-0.25, -0.2) is 0 Å². The van der Waals surface area contributed by atoms with Crippen LogP contribution in [0.25, 0.3) is 10.8 Å². The van der Waals surface area contributed by atoms with Crippen molar-refractivity contribution in [3.05, 3.63) is 48.0 Å². The number of nitrogens with zero attached hydrogens (tertiary/aromatic N) is 1. The maximum atomic E-state index is 12.2. The Morgan fingerprint density at radius 2 is 1.65 bits per heavy atom. The highest BCUT2D eigenvalue weighted by molar-refractivity contribution is 5.90. The molecular formula is C20H28N2O. The summed E-state index contributed by atoms with van der Waals surface area (Å²) >= 11 is 0. The third-order valence-corrected chi connectivity index (χ3v) is 4.25. The van der Waals surface area contributed by atoms with Crippen LogP contribution in [0.1, 0.15) is 33.3 Å². The molecule has 0 bridgehead atoms. The van der Waals surface area contributed by atoms with E-state index in [2.05, 4.69) is 56.1 Å². The van der Waals surface area contributed by atoms with Gasteiger partial charge in [0.05, 0.1) is 6.42 Å². The van der Waals surface area contributed by atoms with Crippen LogP contribution >= 0.6 is 0 Å². The zero-order valence-corrected chi connectivity index (χ0v) is 14.7. The highest BCUT2D eigenvalue weighted by Crippen LogP contribution is 2.18. The van der Waals surface area contributed by atoms with Gasteiger partial charge in [-0.3, -0.25) is 9.69 Å². The molecule has 0 heterocycles. The number of carbonyl (C=O) groups is 1. The van der Waals surface area contributed by atoms with E-state index in [1.165, 1.54) is 5.39 Å². The summed E-state index contributed by atoms with van der Waals surface area (Å²) in [6.45, 7) is 10.3. The van der Waals surface area contributed by atoms with Crippen LogP contribution in [0.4, 0.5) is 0 Å². The molecule has 0 aliphatic carbocycles. The molecule has 124 valence electrons. The fourth-order valence-electron chi connectivity index (χ4n) is 3.12. The number of benzene rings is 2. The van der Waals surface area contributed by atoms with Crippen LogP contribution in [0.2, 0.25) is 0 Å². The Kier molecular flexibility index (Phi) is 6.17. The summed E-state index contributed by atoms with van der Waals surface area (Å²) < 4.78 is 0. The van der Waals surface area contributed by atoms with Crippen LogP contribution in [-0.2, 0) is 11.2 Å². The molecule has 0 saturated carbocycles. The van der Waals surface area contributed by atoms with Gasteiger partial charge in [-0.2, -0.15) is 0 Å². The van der Waals surface area contributed by atoms with Gasteiger partial charge in [0.15, 0.2) is 0 Å². The van der Waals surface area contributed by atoms with Crippen molar-refractivity contribution >= 4 is 16.7 Å². The Morgan fingerprint density at radius 1 is 1.00 bits per heavy atom. The average molecular weight is 312 g/mol. The number of hydrogen-bond acceptors (Lipinski definition) is 2. The Balaban J connectivity index is 1.92. The molecule has 1 amide bonds. The molecule has 0 saturated heterocycles. The van der Waals surface area contributed by atoms with E-state index in [1.54, 1.807) is 0 Å². The minimum absolute atomic E-state index is 0.0915. The summed E-state index contributed by atoms with van der Waals surface area (Å²) in [5, 5.41) is 5.40. The molecule has 2 aromatic rings. The van der Waals surface area contributed by atoms with Crippen LogP contribution in [0.3, 0.4) is 0 Å². The quantitative estimate of drug-likeness (QED) is 0.847. The lowest BCUT2D eigenvalue weighted by Crippen LogP contribution is -2.42. The number of fused-ring (bicyclic) bond motifs is 1. The fourth-order valence-corrected chi connectivity index (χ4v) is 3.12. The second kappa shape index (κ2) is 8.11. The molecule has 3 heteroatoms. The zero-order chi connectivity index (χ0) is 16.8. The molecular weight excluding hydrogens is 284 g/mol. The summed E-state index contributed by atoms with van der Waals surface area (Å²) in [5.41, 5.74) is 1.09. The molecule has 0 fully saturated rings. The van der Waals surface area contributed by atoms with Crippen molar-refractivity contribution in [1.82, 2.24) is 10.2 Å². The second-order valence-corrected chi connectivity index (χ2v) is 6.59. The van der Waals surface area contributed by atoms with Gasteiger partial charge in [-0.05, 0) is 44.0 Å². The van der Waals surface area contributed by atoms with Crippen LogP contribution < -0.4 is 5.32 Å². The molecule has 2 aromatic carbocycles. The van der Waals surface area contributed by atoms with E-state index in [4.69, 9.17) is 0 Å². The first kappa shape index (κ1) is 17.5. The van der Waals surface area contributed by atoms with Crippen molar-refractivity contribution in [2.75, 3.05) is 13.1 Å². The number of nitrogens with one attached hydrogen (secondary N) is 1. The molecule has 0 unspecified atom stereocenters. The Hall–Kier alpha value is -1.87. The van der Waals surface area contributed by atoms with E-state index in [0.717, 1.165) is 17.5 Å². The molecule has 0 spiro atoms. The smallest absolute Gasteiger partial charge is 0.224 e. The summed E-state index contributed by atoms with van der Waals surface area (Å²) in [7, 11) is 0. The van der Waals surface area contributed by atoms with E-state index in [1.807, 2.05) is 24.3 Å². The first-order valence-electron chi connectivity index (χ1n) is 8.48. The molecule has 3 nitrogen and oxygen atoms in total. The van der Waals surface area contributed by atoms with Crippen molar-refractivity contribution in [3.8, 4) is 0 Å². The predicted octanol–water partition coefficient (Wildman–Crippen LogP) is 3.62. The molecule has 0 aliphatic rings. The molecule has 0 aliphatic heterocycles. The van der Waals surface area contributed by atoms with Crippen LogP contribution in [0.5, 0.6) is 0 Å². The van der Waals surface area contributed by atoms with Crippen molar-refractivity contribution < 1.29 is 4.79 Å². The fraction of sp³-hybridized carbons (Fsp3) is 0.450. The van der Waals surface area contributed by atoms with Crippen molar-refractivity contribution in [2.45, 2.75) is 46.2 Å². The lowest BCUT2D eigenvalue weighted by Gasteiger charge is -2.30. The SMILES string of the molecule is CC(C)N(CCNC(=O)Cc1cccc2ccccc12)C(C)C. The Morgan fingerprint density at radius 3 is 2.35 bits per heavy atom.